The van der Waals surface area contributed by atoms with Gasteiger partial charge in [-0.3, -0.25) is 14.4 Å². The third kappa shape index (κ3) is 4.48. The molecule has 176 valence electrons. The smallest absolute Gasteiger partial charge is 0.378 e. The van der Waals surface area contributed by atoms with Gasteiger partial charge in [0.25, 0.3) is 5.91 Å². The topological polar surface area (TPSA) is 154 Å². The number of carbonyl (C=O) groups is 3. The number of nitrogens with two attached hydrogens (primary N) is 1. The lowest BCUT2D eigenvalue weighted by atomic mass is 10.1. The number of aromatic hydroxyl groups is 1. The second-order valence-corrected chi connectivity index (χ2v) is 9.15. The number of fused-ring (bicyclic) bond motifs is 1. The number of nitrogens with one attached hydrogen (secondary N) is 2. The summed E-state index contributed by atoms with van der Waals surface area (Å²) in [6.45, 7) is 4.97. The van der Waals surface area contributed by atoms with Crippen molar-refractivity contribution in [2.45, 2.75) is 45.7 Å². The van der Waals surface area contributed by atoms with E-state index in [1.165, 1.54) is 21.4 Å². The molecular weight excluding hydrogens is 428 g/mol. The van der Waals surface area contributed by atoms with E-state index in [1.807, 2.05) is 13.8 Å². The molecule has 1 saturated carbocycles. The highest BCUT2D eigenvalue weighted by Gasteiger charge is 2.34. The van der Waals surface area contributed by atoms with Crippen molar-refractivity contribution in [1.29, 1.82) is 0 Å². The lowest BCUT2D eigenvalue weighted by molar-refractivity contribution is -0.686. The van der Waals surface area contributed by atoms with E-state index in [4.69, 9.17) is 5.73 Å². The summed E-state index contributed by atoms with van der Waals surface area (Å²) in [5, 5.41) is 16.5. The minimum atomic E-state index is -0.671. The Morgan fingerprint density at radius 1 is 1.33 bits per heavy atom. The molecule has 2 aromatic rings. The Balaban J connectivity index is 1.70. The van der Waals surface area contributed by atoms with Crippen molar-refractivity contribution in [2.75, 3.05) is 13.1 Å². The second kappa shape index (κ2) is 8.72. The van der Waals surface area contributed by atoms with Gasteiger partial charge in [0.15, 0.2) is 0 Å². The number of aromatic amines is 1. The zero-order valence-electron chi connectivity index (χ0n) is 18.7. The Labute approximate surface area is 189 Å². The van der Waals surface area contributed by atoms with Gasteiger partial charge in [0, 0.05) is 25.2 Å². The molecule has 1 aliphatic carbocycles. The lowest BCUT2D eigenvalue weighted by Gasteiger charge is -2.13. The minimum absolute atomic E-state index is 0.0310. The first-order valence-corrected chi connectivity index (χ1v) is 11.1. The molecule has 1 saturated heterocycles. The molecule has 2 aromatic heterocycles. The van der Waals surface area contributed by atoms with Gasteiger partial charge in [0.1, 0.15) is 0 Å². The molecule has 1 atom stereocenters. The molecule has 1 aliphatic heterocycles. The molecule has 2 fully saturated rings. The lowest BCUT2D eigenvalue weighted by Crippen LogP contribution is -2.46. The van der Waals surface area contributed by atoms with Gasteiger partial charge in [0.2, 0.25) is 17.4 Å². The largest absolute Gasteiger partial charge is 0.477 e. The number of carbonyl (C=O) groups excluding carboxylic acids is 3. The maximum absolute atomic E-state index is 13.0. The maximum Gasteiger partial charge on any atom is 0.378 e. The third-order valence-electron chi connectivity index (χ3n) is 5.97. The van der Waals surface area contributed by atoms with E-state index in [1.54, 1.807) is 11.0 Å². The highest BCUT2D eigenvalue weighted by molar-refractivity contribution is 5.96. The summed E-state index contributed by atoms with van der Waals surface area (Å²) in [5.41, 5.74) is 5.19. The van der Waals surface area contributed by atoms with Gasteiger partial charge in [-0.2, -0.15) is 4.57 Å². The summed E-state index contributed by atoms with van der Waals surface area (Å²) in [4.78, 5) is 51.2. The molecule has 33 heavy (non-hydrogen) atoms. The highest BCUT2D eigenvalue weighted by atomic mass is 16.3. The van der Waals surface area contributed by atoms with Crippen molar-refractivity contribution in [3.05, 3.63) is 33.8 Å². The number of H-pyrrole nitrogens is 1. The van der Waals surface area contributed by atoms with E-state index in [2.05, 4.69) is 10.4 Å². The molecule has 0 spiro atoms. The van der Waals surface area contributed by atoms with Crippen molar-refractivity contribution in [1.82, 2.24) is 19.8 Å². The summed E-state index contributed by atoms with van der Waals surface area (Å²) >= 11 is 0. The van der Waals surface area contributed by atoms with Crippen molar-refractivity contribution >= 4 is 29.4 Å². The maximum atomic E-state index is 13.0. The number of hydrogen-bond donors (Lipinski definition) is 4. The fourth-order valence-electron chi connectivity index (χ4n) is 4.07. The van der Waals surface area contributed by atoms with Crippen LogP contribution >= 0.6 is 0 Å². The van der Waals surface area contributed by atoms with Crippen molar-refractivity contribution in [3.8, 4) is 5.88 Å². The van der Waals surface area contributed by atoms with Gasteiger partial charge in [-0.05, 0) is 31.3 Å². The van der Waals surface area contributed by atoms with E-state index in [0.29, 0.717) is 30.7 Å². The molecule has 0 unspecified atom stereocenters. The predicted octanol–water partition coefficient (Wildman–Crippen LogP) is -0.484. The van der Waals surface area contributed by atoms with Crippen molar-refractivity contribution < 1.29 is 24.1 Å². The third-order valence-corrected chi connectivity index (χ3v) is 5.97. The van der Waals surface area contributed by atoms with E-state index in [9.17, 15) is 24.3 Å². The fraction of sp³-hybridized carbons (Fsp3) is 0.500. The average Bonchev–Trinajstić information content (AvgIpc) is 3.26. The van der Waals surface area contributed by atoms with Crippen LogP contribution in [0.1, 0.15) is 49.0 Å². The number of primary amides is 1. The predicted molar refractivity (Wildman–Crippen MR) is 118 cm³/mol. The molecule has 11 heteroatoms. The molecule has 3 amide bonds. The van der Waals surface area contributed by atoms with Crippen LogP contribution in [0.2, 0.25) is 0 Å². The zero-order chi connectivity index (χ0) is 23.9. The zero-order valence-corrected chi connectivity index (χ0v) is 18.7. The first-order valence-electron chi connectivity index (χ1n) is 11.1. The number of amides is 3. The SMILES string of the molecule is CC(C)C[n+]1c(O)c(C(=O)NC2CC2)c(=O)n2[nH]cc(/C=C/C(=O)N3CC[C@@H](C(N)=O)C3)c21. The van der Waals surface area contributed by atoms with E-state index < -0.39 is 23.3 Å². The van der Waals surface area contributed by atoms with Crippen LogP contribution in [0.5, 0.6) is 5.88 Å². The monoisotopic (exact) mass is 457 g/mol. The molecule has 0 aromatic carbocycles. The van der Waals surface area contributed by atoms with Gasteiger partial charge >= 0.3 is 17.1 Å². The number of aromatic nitrogens is 3. The quantitative estimate of drug-likeness (QED) is 0.327. The summed E-state index contributed by atoms with van der Waals surface area (Å²) in [6, 6.07) is 0.0310. The van der Waals surface area contributed by atoms with Crippen LogP contribution in [0.3, 0.4) is 0 Å². The second-order valence-electron chi connectivity index (χ2n) is 9.15. The Morgan fingerprint density at radius 2 is 2.06 bits per heavy atom. The number of rotatable bonds is 7. The van der Waals surface area contributed by atoms with Crippen LogP contribution in [-0.4, -0.2) is 56.5 Å². The first-order chi connectivity index (χ1) is 15.7. The van der Waals surface area contributed by atoms with E-state index in [-0.39, 0.29) is 35.9 Å². The van der Waals surface area contributed by atoms with Crippen LogP contribution in [-0.2, 0) is 16.1 Å². The molecule has 4 rings (SSSR count). The Hall–Kier alpha value is -3.63. The minimum Gasteiger partial charge on any atom is -0.477 e. The molecule has 5 N–H and O–H groups in total. The number of nitrogens with zero attached hydrogens (tertiary/aromatic N) is 3. The van der Waals surface area contributed by atoms with Gasteiger partial charge in [-0.15, -0.1) is 0 Å². The first kappa shape index (κ1) is 22.6. The standard InChI is InChI=1S/C22H28N6O5/c1-12(2)10-27-20-13(3-6-16(29)26-8-7-14(11-26)18(23)30)9-24-28(20)22(33)17(21(27)32)19(31)25-15-4-5-15/h3,6,9,12,14-15H,4-5,7-8,10-11H2,1-2H3,(H4,23,25,30,31,32,33)/p+1/b6-3+/t14-/m1/s1. The Bertz CT molecular complexity index is 1210. The molecular formula is C22H29N6O5+. The Kier molecular flexibility index (Phi) is 5.96. The fourth-order valence-corrected chi connectivity index (χ4v) is 4.07. The highest BCUT2D eigenvalue weighted by Crippen LogP contribution is 2.21. The van der Waals surface area contributed by atoms with Crippen LogP contribution in [0.25, 0.3) is 11.7 Å². The summed E-state index contributed by atoms with van der Waals surface area (Å²) in [7, 11) is 0. The van der Waals surface area contributed by atoms with Crippen LogP contribution in [0.4, 0.5) is 0 Å². The summed E-state index contributed by atoms with van der Waals surface area (Å²) in [5.74, 6) is -1.95. The van der Waals surface area contributed by atoms with Gasteiger partial charge in [0.05, 0.1) is 24.2 Å². The van der Waals surface area contributed by atoms with Crippen LogP contribution in [0, 0.1) is 11.8 Å². The van der Waals surface area contributed by atoms with E-state index >= 15 is 0 Å². The summed E-state index contributed by atoms with van der Waals surface area (Å²) in [6.07, 6.45) is 6.68. The molecule has 3 heterocycles. The van der Waals surface area contributed by atoms with Crippen LogP contribution in [0.15, 0.2) is 17.1 Å². The molecule has 11 nitrogen and oxygen atoms in total. The van der Waals surface area contributed by atoms with Crippen LogP contribution < -0.4 is 21.2 Å². The Morgan fingerprint density at radius 3 is 2.67 bits per heavy atom. The van der Waals surface area contributed by atoms with Gasteiger partial charge < -0.3 is 21.1 Å². The summed E-state index contributed by atoms with van der Waals surface area (Å²) < 4.78 is 2.71. The van der Waals surface area contributed by atoms with Crippen molar-refractivity contribution in [3.63, 3.8) is 0 Å². The number of likely N-dealkylation sites (tertiary alicyclic amines) is 1. The molecule has 2 aliphatic rings. The molecule has 0 radical (unpaired) electrons. The normalized spacial score (nSPS) is 18.5. The van der Waals surface area contributed by atoms with Crippen molar-refractivity contribution in [2.24, 2.45) is 17.6 Å². The number of hydrogen-bond acceptors (Lipinski definition) is 5. The average molecular weight is 458 g/mol. The van der Waals surface area contributed by atoms with Gasteiger partial charge in [-0.1, -0.05) is 18.4 Å². The van der Waals surface area contributed by atoms with E-state index in [0.717, 1.165) is 12.8 Å². The molecule has 0 bridgehead atoms. The van der Waals surface area contributed by atoms with Gasteiger partial charge in [-0.25, -0.2) is 9.89 Å².